The molecule has 0 spiro atoms. The lowest BCUT2D eigenvalue weighted by Gasteiger charge is -2.26. The average Bonchev–Trinajstić information content (AvgIpc) is 1.63. The lowest BCUT2D eigenvalue weighted by Crippen LogP contribution is -2.33. The Bertz CT molecular complexity index is 7480. The molecule has 11 aromatic heterocycles. The smallest absolute Gasteiger partial charge is 0.390 e. The van der Waals surface area contributed by atoms with E-state index in [0.29, 0.717) is 0 Å². The van der Waals surface area contributed by atoms with Gasteiger partial charge in [0.05, 0.1) is 84.0 Å². The molecule has 2 aromatic carbocycles. The number of hydrogen-bond donors (Lipinski definition) is 16. The maximum absolute atomic E-state index is 14.7. The van der Waals surface area contributed by atoms with Crippen molar-refractivity contribution in [1.29, 1.82) is 0 Å². The largest absolute Gasteiger partial charge is 0.472 e. The van der Waals surface area contributed by atoms with Gasteiger partial charge < -0.3 is 91.4 Å². The molecule has 0 aliphatic carbocycles. The highest BCUT2D eigenvalue weighted by atomic mass is 31.2. The fraction of sp³-hybridized carbons (Fsp3) is 0.451. The number of fused-ring (bicyclic) bond motifs is 6. The maximum atomic E-state index is 14.7. The Kier molecular flexibility index (Phi) is 25.8. The van der Waals surface area contributed by atoms with Crippen LogP contribution in [-0.2, 0) is 108 Å². The minimum absolute atomic E-state index is 0.00274. The fourth-order valence-electron chi connectivity index (χ4n) is 16.7. The van der Waals surface area contributed by atoms with Crippen LogP contribution in [-0.4, -0.2) is 250 Å². The Hall–Kier alpha value is -11.4. The van der Waals surface area contributed by atoms with E-state index in [2.05, 4.69) is 79.7 Å². The molecule has 0 amide bonds. The zero-order valence-corrected chi connectivity index (χ0v) is 75.0. The summed E-state index contributed by atoms with van der Waals surface area (Å²) in [4.78, 5) is 193. The van der Waals surface area contributed by atoms with Crippen LogP contribution < -0.4 is 62.2 Å². The number of aryl methyl sites for hydroxylation is 1. The standard InChI is InChI=1S/C71H82N27O34P5/c1-29-15-93(71(105)92-62(29)100)46-10-34(40(123-46)17-116-16-30-6-7-31-4-2-3-5-32(31)8-30)128-134(108,109)118-20-42-36(12-48(125-42)96-26-81-53-59(96)85-68(74)89-64(53)102)131-136(112,113)120-22-44-38(14-50(127-44)98-28-83-55-61(98)87-70(76)91-66(55)104)132-137(114,115)121-21-43-37(13-49(126-43)97-27-82-54-60(97)86-69(75)90-65(54)103)130-135(110,111)119-19-41-35(11-47(124-41)94-24-79-51-56(72)77-23-78-57(51)94)129-133(106,107)117-18-39-33(99)9-45(122-39)95-25-80-52-58(95)84-67(73)88-63(52)101/h2-8,15,23-28,33-50,99H,9-14,16-22H2,1H3,(H,106,107)(H,108,109)(H,110,111)(H,112,113)(H,114,115)(H2,72,77,78)(H,92,100,105)(H3,73,84,88,101)(H3,74,85,89,102)(H3,75,86,90,103)(H3,76,87,91,104)/t33-,34-,35-,36-,37-,38-,39+,40+,41+,42+,43+,44+,45+,46+,47+,48+,49+,50+/m0/s1. The molecule has 23 atom stereocenters. The van der Waals surface area contributed by atoms with Gasteiger partial charge >= 0.3 is 44.8 Å². The van der Waals surface area contributed by atoms with Gasteiger partial charge in [0.15, 0.2) is 56.1 Å². The van der Waals surface area contributed by atoms with Crippen LogP contribution in [0.1, 0.15) is 87.0 Å². The number of aliphatic hydroxyl groups excluding tert-OH is 1. The number of nitrogens with two attached hydrogens (primary N) is 5. The monoisotopic (exact) mass is 2010 g/mol. The van der Waals surface area contributed by atoms with Crippen LogP contribution in [0, 0.1) is 6.92 Å². The summed E-state index contributed by atoms with van der Waals surface area (Å²) in [5, 5.41) is 13.0. The molecule has 6 saturated heterocycles. The van der Waals surface area contributed by atoms with E-state index in [-0.39, 0.29) is 112 Å². The summed E-state index contributed by atoms with van der Waals surface area (Å²) in [7, 11) is -27.7. The van der Waals surface area contributed by atoms with Gasteiger partial charge in [-0.25, -0.2) is 62.5 Å². The highest BCUT2D eigenvalue weighted by molar-refractivity contribution is 7.48. The van der Waals surface area contributed by atoms with Crippen LogP contribution in [0.25, 0.3) is 66.6 Å². The van der Waals surface area contributed by atoms with Crippen molar-refractivity contribution < 1.29 is 131 Å². The highest BCUT2D eigenvalue weighted by Crippen LogP contribution is 2.57. The quantitative estimate of drug-likeness (QED) is 0.0234. The summed E-state index contributed by atoms with van der Waals surface area (Å²) in [6.07, 6.45) is -21.2. The number of rotatable bonds is 35. The van der Waals surface area contributed by atoms with Gasteiger partial charge in [0.25, 0.3) is 27.8 Å². The predicted molar refractivity (Wildman–Crippen MR) is 460 cm³/mol. The van der Waals surface area contributed by atoms with Crippen LogP contribution in [0.15, 0.2) is 115 Å². The van der Waals surface area contributed by atoms with Crippen LogP contribution in [0.3, 0.4) is 0 Å². The first-order valence-corrected chi connectivity index (χ1v) is 48.8. The van der Waals surface area contributed by atoms with Gasteiger partial charge in [0, 0.05) is 50.3 Å². The van der Waals surface area contributed by atoms with Crippen molar-refractivity contribution in [3.63, 3.8) is 0 Å². The number of phosphoric acid groups is 5. The van der Waals surface area contributed by atoms with Gasteiger partial charge in [-0.3, -0.25) is 122 Å². The number of nitrogen functional groups attached to an aromatic ring is 5. The predicted octanol–water partition coefficient (Wildman–Crippen LogP) is 0.0956. The second-order valence-electron chi connectivity index (χ2n) is 32.2. The SMILES string of the molecule is Cc1cn([C@H]2C[C@H](OP(=O)(O)OC[C@H]3O[C@@H](n4cnc5c(=O)[nH]c(N)nc54)C[C@@H]3OP(=O)(O)OC[C@H]3O[C@@H](n4cnc5c(=O)[nH]c(N)nc54)C[C@@H]3OP(=O)(O)OC[C@H]3O[C@@H](n4cnc5c(=O)[nH]c(N)nc54)C[C@@H]3OP(=O)(O)OC[C@H]3O[C@@H](n4cnc5c(N)ncnc54)C[C@@H]3OP(=O)(O)OC[C@H]3O[C@@H](n4cnc5c(=O)[nH]c(N)nc54)C[C@@H]3O)[C@@H](COCc3ccc4ccccc4c3)O2)c(=O)[nH]c1=O. The van der Waals surface area contributed by atoms with E-state index in [1.165, 1.54) is 39.5 Å². The van der Waals surface area contributed by atoms with Crippen molar-refractivity contribution in [3.8, 4) is 0 Å². The van der Waals surface area contributed by atoms with Crippen molar-refractivity contribution in [3.05, 3.63) is 160 Å². The Morgan fingerprint density at radius 2 is 0.701 bits per heavy atom. The third-order valence-electron chi connectivity index (χ3n) is 23.0. The molecule has 0 bridgehead atoms. The third-order valence-corrected chi connectivity index (χ3v) is 28.1. The zero-order chi connectivity index (χ0) is 96.2. The minimum Gasteiger partial charge on any atom is -0.390 e. The van der Waals surface area contributed by atoms with Gasteiger partial charge in [0.1, 0.15) is 116 Å². The van der Waals surface area contributed by atoms with E-state index in [0.717, 1.165) is 55.3 Å². The number of aromatic nitrogens is 22. The summed E-state index contributed by atoms with van der Waals surface area (Å²) in [6, 6.07) is 13.2. The van der Waals surface area contributed by atoms with Crippen LogP contribution in [0.2, 0.25) is 0 Å². The molecule has 0 radical (unpaired) electrons. The summed E-state index contributed by atoms with van der Waals surface area (Å²) in [5.41, 5.74) is 24.7. The minimum atomic E-state index is -5.69. The molecule has 730 valence electrons. The molecular formula is C71H82N27O34P5. The van der Waals surface area contributed by atoms with E-state index in [9.17, 15) is 81.2 Å². The van der Waals surface area contributed by atoms with Gasteiger partial charge in [-0.15, -0.1) is 0 Å². The van der Waals surface area contributed by atoms with Crippen molar-refractivity contribution in [2.45, 2.75) is 163 Å². The number of aliphatic hydroxyl groups is 1. The Balaban J connectivity index is 0.550. The summed E-state index contributed by atoms with van der Waals surface area (Å²) in [5.74, 6) is -1.45. The molecule has 19 rings (SSSR count). The normalized spacial score (nSPS) is 27.6. The molecule has 6 aliphatic heterocycles. The van der Waals surface area contributed by atoms with Gasteiger partial charge in [0.2, 0.25) is 23.8 Å². The fourth-order valence-corrected chi connectivity index (χ4v) is 21.5. The first-order valence-electron chi connectivity index (χ1n) is 41.4. The zero-order valence-electron chi connectivity index (χ0n) is 70.5. The van der Waals surface area contributed by atoms with E-state index < -0.39 is 247 Å². The van der Waals surface area contributed by atoms with E-state index >= 15 is 0 Å². The van der Waals surface area contributed by atoms with Crippen LogP contribution in [0.4, 0.5) is 29.6 Å². The maximum Gasteiger partial charge on any atom is 0.472 e. The first kappa shape index (κ1) is 94.5. The van der Waals surface area contributed by atoms with Crippen molar-refractivity contribution in [2.24, 2.45) is 0 Å². The molecule has 6 fully saturated rings. The highest BCUT2D eigenvalue weighted by Gasteiger charge is 2.52. The van der Waals surface area contributed by atoms with Crippen molar-refractivity contribution >= 4 is 135 Å². The third kappa shape index (κ3) is 20.2. The van der Waals surface area contributed by atoms with Gasteiger partial charge in [-0.1, -0.05) is 36.4 Å². The lowest BCUT2D eigenvalue weighted by atomic mass is 10.1. The molecule has 137 heavy (non-hydrogen) atoms. The van der Waals surface area contributed by atoms with Gasteiger partial charge in [-0.05, 0) is 29.3 Å². The molecule has 17 heterocycles. The summed E-state index contributed by atoms with van der Waals surface area (Å²) < 4.78 is 180. The van der Waals surface area contributed by atoms with Crippen LogP contribution in [0.5, 0.6) is 0 Å². The molecule has 21 N–H and O–H groups in total. The van der Waals surface area contributed by atoms with E-state index in [1.54, 1.807) is 0 Å². The van der Waals surface area contributed by atoms with E-state index in [4.69, 9.17) is 107 Å². The molecule has 5 unspecified atom stereocenters. The van der Waals surface area contributed by atoms with Crippen molar-refractivity contribution in [2.75, 3.05) is 68.3 Å². The van der Waals surface area contributed by atoms with Gasteiger partial charge in [-0.2, -0.15) is 19.9 Å². The average molecular weight is 2010 g/mol. The first-order chi connectivity index (χ1) is 65.3. The Morgan fingerprint density at radius 3 is 1.08 bits per heavy atom. The molecule has 61 nitrogen and oxygen atoms in total. The number of aromatic amines is 5. The van der Waals surface area contributed by atoms with E-state index in [1.807, 2.05) is 42.5 Å². The molecule has 6 aliphatic rings. The number of anilines is 5. The summed E-state index contributed by atoms with van der Waals surface area (Å²) in [6.45, 7) is -3.93. The second-order valence-corrected chi connectivity index (χ2v) is 39.2. The van der Waals surface area contributed by atoms with Crippen LogP contribution >= 0.6 is 39.1 Å². The Labute approximate surface area is 761 Å². The number of nitrogens with zero attached hydrogens (tertiary/aromatic N) is 17. The molecule has 66 heteroatoms. The number of ether oxygens (including phenoxy) is 7. The summed E-state index contributed by atoms with van der Waals surface area (Å²) >= 11 is 0. The molecule has 0 saturated carbocycles. The number of hydrogen-bond acceptors (Lipinski definition) is 45. The number of nitrogens with one attached hydrogen (secondary N) is 5. The number of phosphoric ester groups is 5. The number of H-pyrrole nitrogens is 5. The van der Waals surface area contributed by atoms with Crippen molar-refractivity contribution in [1.82, 2.24) is 107 Å². The number of imidazole rings is 5. The molecular weight excluding hydrogens is 1930 g/mol. The lowest BCUT2D eigenvalue weighted by molar-refractivity contribution is -0.0711. The number of benzene rings is 2. The second kappa shape index (κ2) is 37.4. The molecule has 13 aromatic rings. The Morgan fingerprint density at radius 1 is 0.380 bits per heavy atom. The topological polar surface area (TPSA) is 846 Å².